The molecule has 1 unspecified atom stereocenters. The third-order valence-corrected chi connectivity index (χ3v) is 5.05. The normalized spacial score (nSPS) is 13.1. The highest BCUT2D eigenvalue weighted by atomic mass is 32.2. The topological polar surface area (TPSA) is 95.7 Å². The summed E-state index contributed by atoms with van der Waals surface area (Å²) in [5.74, 6) is 0. The molecule has 0 saturated carbocycles. The van der Waals surface area contributed by atoms with Crippen molar-refractivity contribution in [3.8, 4) is 0 Å². The van der Waals surface area contributed by atoms with Gasteiger partial charge in [0.15, 0.2) is 0 Å². The van der Waals surface area contributed by atoms with Crippen LogP contribution in [0.1, 0.15) is 70.5 Å². The van der Waals surface area contributed by atoms with Gasteiger partial charge in [-0.3, -0.25) is 4.72 Å². The molecule has 0 aromatic heterocycles. The van der Waals surface area contributed by atoms with E-state index >= 15 is 0 Å². The average molecular weight is 386 g/mol. The Morgan fingerprint density at radius 3 is 2.23 bits per heavy atom. The van der Waals surface area contributed by atoms with Crippen LogP contribution in [-0.4, -0.2) is 38.1 Å². The van der Waals surface area contributed by atoms with Crippen LogP contribution in [0.2, 0.25) is 0 Å². The summed E-state index contributed by atoms with van der Waals surface area (Å²) < 4.78 is 24.2. The van der Waals surface area contributed by atoms with Crippen LogP contribution in [-0.2, 0) is 10.2 Å². The fourth-order valence-electron chi connectivity index (χ4n) is 2.98. The molecule has 0 fully saturated rings. The van der Waals surface area contributed by atoms with E-state index in [1.165, 1.54) is 32.1 Å². The Balaban J connectivity index is 2.32. The summed E-state index contributed by atoms with van der Waals surface area (Å²) in [6, 6.07) is 6.67. The van der Waals surface area contributed by atoms with E-state index in [9.17, 15) is 13.5 Å². The van der Waals surface area contributed by atoms with E-state index < -0.39 is 16.3 Å². The highest BCUT2D eigenvalue weighted by Crippen LogP contribution is 2.21. The number of aliphatic hydroxyl groups is 1. The Bertz CT molecular complexity index is 591. The Labute approximate surface area is 159 Å². The molecule has 0 saturated heterocycles. The minimum atomic E-state index is -3.77. The first-order valence-electron chi connectivity index (χ1n) is 9.66. The SMILES string of the molecule is CCCCCCCN(CC)CCCC(O)c1ccc(NS(N)(=O)=O)cc1. The van der Waals surface area contributed by atoms with E-state index in [2.05, 4.69) is 23.5 Å². The number of aliphatic hydroxyl groups excluding tert-OH is 1. The third-order valence-electron chi connectivity index (χ3n) is 4.53. The molecule has 0 aliphatic rings. The van der Waals surface area contributed by atoms with Crippen molar-refractivity contribution in [2.75, 3.05) is 24.4 Å². The second-order valence-corrected chi connectivity index (χ2v) is 8.07. The van der Waals surface area contributed by atoms with Gasteiger partial charge in [0.05, 0.1) is 6.10 Å². The van der Waals surface area contributed by atoms with Crippen LogP contribution in [0, 0.1) is 0 Å². The summed E-state index contributed by atoms with van der Waals surface area (Å²) in [4.78, 5) is 2.44. The second kappa shape index (κ2) is 12.3. The van der Waals surface area contributed by atoms with Gasteiger partial charge in [-0.15, -0.1) is 0 Å². The van der Waals surface area contributed by atoms with Crippen molar-refractivity contribution in [2.45, 2.75) is 64.9 Å². The summed E-state index contributed by atoms with van der Waals surface area (Å²) >= 11 is 0. The molecule has 0 spiro atoms. The van der Waals surface area contributed by atoms with Gasteiger partial charge in [-0.1, -0.05) is 51.7 Å². The Morgan fingerprint density at radius 1 is 1.04 bits per heavy atom. The van der Waals surface area contributed by atoms with Crippen LogP contribution >= 0.6 is 0 Å². The lowest BCUT2D eigenvalue weighted by Gasteiger charge is -2.21. The molecule has 6 nitrogen and oxygen atoms in total. The predicted molar refractivity (Wildman–Crippen MR) is 108 cm³/mol. The van der Waals surface area contributed by atoms with Gasteiger partial charge in [0.2, 0.25) is 0 Å². The number of hydrogen-bond donors (Lipinski definition) is 3. The number of hydrogen-bond acceptors (Lipinski definition) is 4. The minimum absolute atomic E-state index is 0.392. The third kappa shape index (κ3) is 10.1. The standard InChI is InChI=1S/C19H35N3O3S/c1-3-5-6-7-8-15-22(4-2)16-9-10-19(23)17-11-13-18(14-12-17)21-26(20,24)25/h11-14,19,21,23H,3-10,15-16H2,1-2H3,(H2,20,24,25). The maximum atomic E-state index is 11.0. The summed E-state index contributed by atoms with van der Waals surface area (Å²) in [6.45, 7) is 7.57. The number of nitrogens with zero attached hydrogens (tertiary/aromatic N) is 1. The first kappa shape index (κ1) is 22.9. The van der Waals surface area contributed by atoms with Crippen LogP contribution in [0.25, 0.3) is 0 Å². The molecular formula is C19H35N3O3S. The molecular weight excluding hydrogens is 350 g/mol. The maximum absolute atomic E-state index is 11.0. The van der Waals surface area contributed by atoms with Crippen molar-refractivity contribution in [3.05, 3.63) is 29.8 Å². The molecule has 0 radical (unpaired) electrons. The maximum Gasteiger partial charge on any atom is 0.296 e. The number of anilines is 1. The molecule has 1 aromatic rings. The summed E-state index contributed by atoms with van der Waals surface area (Å²) in [6.07, 6.45) is 7.54. The summed E-state index contributed by atoms with van der Waals surface area (Å²) in [7, 11) is -3.77. The van der Waals surface area contributed by atoms with E-state index in [4.69, 9.17) is 5.14 Å². The van der Waals surface area contributed by atoms with E-state index in [1.54, 1.807) is 24.3 Å². The Kier molecular flexibility index (Phi) is 10.8. The second-order valence-electron chi connectivity index (χ2n) is 6.78. The zero-order chi connectivity index (χ0) is 19.4. The highest BCUT2D eigenvalue weighted by molar-refractivity contribution is 7.90. The van der Waals surface area contributed by atoms with Gasteiger partial charge in [-0.2, -0.15) is 8.42 Å². The predicted octanol–water partition coefficient (Wildman–Crippen LogP) is 3.41. The van der Waals surface area contributed by atoms with Crippen LogP contribution in [0.15, 0.2) is 24.3 Å². The first-order chi connectivity index (χ1) is 12.4. The lowest BCUT2D eigenvalue weighted by molar-refractivity contribution is 0.155. The number of rotatable bonds is 14. The summed E-state index contributed by atoms with van der Waals surface area (Å²) in [5.41, 5.74) is 1.18. The highest BCUT2D eigenvalue weighted by Gasteiger charge is 2.10. The number of nitrogens with one attached hydrogen (secondary N) is 1. The van der Waals surface area contributed by atoms with E-state index in [-0.39, 0.29) is 0 Å². The van der Waals surface area contributed by atoms with Crippen molar-refractivity contribution in [2.24, 2.45) is 5.14 Å². The Hall–Kier alpha value is -1.15. The minimum Gasteiger partial charge on any atom is -0.388 e. The molecule has 0 amide bonds. The van der Waals surface area contributed by atoms with Crippen molar-refractivity contribution < 1.29 is 13.5 Å². The molecule has 7 heteroatoms. The van der Waals surface area contributed by atoms with Gasteiger partial charge >= 0.3 is 0 Å². The molecule has 150 valence electrons. The van der Waals surface area contributed by atoms with E-state index in [0.29, 0.717) is 12.1 Å². The molecule has 0 aliphatic carbocycles. The van der Waals surface area contributed by atoms with Gasteiger partial charge in [-0.25, -0.2) is 5.14 Å². The number of nitrogens with two attached hydrogens (primary N) is 1. The fraction of sp³-hybridized carbons (Fsp3) is 0.684. The van der Waals surface area contributed by atoms with Crippen LogP contribution in [0.3, 0.4) is 0 Å². The van der Waals surface area contributed by atoms with E-state index in [0.717, 1.165) is 31.6 Å². The Morgan fingerprint density at radius 2 is 1.65 bits per heavy atom. The fourth-order valence-corrected chi connectivity index (χ4v) is 3.44. The molecule has 0 heterocycles. The molecule has 4 N–H and O–H groups in total. The van der Waals surface area contributed by atoms with Crippen LogP contribution in [0.4, 0.5) is 5.69 Å². The summed E-state index contributed by atoms with van der Waals surface area (Å²) in [5, 5.41) is 15.3. The number of unbranched alkanes of at least 4 members (excludes halogenated alkanes) is 4. The van der Waals surface area contributed by atoms with Crippen molar-refractivity contribution in [1.29, 1.82) is 0 Å². The van der Waals surface area contributed by atoms with Crippen LogP contribution < -0.4 is 9.86 Å². The van der Waals surface area contributed by atoms with Gasteiger partial charge in [0.1, 0.15) is 0 Å². The van der Waals surface area contributed by atoms with Gasteiger partial charge in [-0.05, 0) is 56.6 Å². The lowest BCUT2D eigenvalue weighted by atomic mass is 10.0. The molecule has 26 heavy (non-hydrogen) atoms. The van der Waals surface area contributed by atoms with Crippen molar-refractivity contribution in [1.82, 2.24) is 4.90 Å². The largest absolute Gasteiger partial charge is 0.388 e. The van der Waals surface area contributed by atoms with Gasteiger partial charge in [0, 0.05) is 5.69 Å². The zero-order valence-corrected chi connectivity index (χ0v) is 17.0. The average Bonchev–Trinajstić information content (AvgIpc) is 2.59. The van der Waals surface area contributed by atoms with Gasteiger partial charge in [0.25, 0.3) is 10.2 Å². The first-order valence-corrected chi connectivity index (χ1v) is 11.2. The molecule has 0 bridgehead atoms. The molecule has 0 aliphatic heterocycles. The molecule has 1 atom stereocenters. The number of benzene rings is 1. The van der Waals surface area contributed by atoms with Crippen molar-refractivity contribution in [3.63, 3.8) is 0 Å². The quantitative estimate of drug-likeness (QED) is 0.428. The zero-order valence-electron chi connectivity index (χ0n) is 16.2. The molecule has 1 rings (SSSR count). The monoisotopic (exact) mass is 385 g/mol. The van der Waals surface area contributed by atoms with Crippen LogP contribution in [0.5, 0.6) is 0 Å². The van der Waals surface area contributed by atoms with Crippen molar-refractivity contribution >= 4 is 15.9 Å². The smallest absolute Gasteiger partial charge is 0.296 e. The van der Waals surface area contributed by atoms with E-state index in [1.807, 2.05) is 0 Å². The van der Waals surface area contributed by atoms with Gasteiger partial charge < -0.3 is 10.0 Å². The molecule has 1 aromatic carbocycles. The lowest BCUT2D eigenvalue weighted by Crippen LogP contribution is -2.26.